The predicted molar refractivity (Wildman–Crippen MR) is 82.1 cm³/mol. The fourth-order valence-corrected chi connectivity index (χ4v) is 2.67. The van der Waals surface area contributed by atoms with Crippen LogP contribution in [0.1, 0.15) is 35.6 Å². The Bertz CT molecular complexity index is 592. The zero-order valence-electron chi connectivity index (χ0n) is 12.4. The van der Waals surface area contributed by atoms with E-state index in [2.05, 4.69) is 35.3 Å². The molecule has 4 nitrogen and oxygen atoms in total. The molecule has 1 N–H and O–H groups in total. The lowest BCUT2D eigenvalue weighted by molar-refractivity contribution is 0.529. The van der Waals surface area contributed by atoms with E-state index in [1.165, 1.54) is 5.56 Å². The van der Waals surface area contributed by atoms with Gasteiger partial charge in [-0.15, -0.1) is 0 Å². The molecule has 0 saturated heterocycles. The largest absolute Gasteiger partial charge is 0.311 e. The average Bonchev–Trinajstić information content (AvgIpc) is 2.73. The van der Waals surface area contributed by atoms with Crippen molar-refractivity contribution in [3.8, 4) is 0 Å². The minimum absolute atomic E-state index is 0.134. The molecule has 0 amide bonds. The molecule has 2 heterocycles. The number of halogens is 1. The summed E-state index contributed by atoms with van der Waals surface area (Å²) >= 11 is 6.39. The van der Waals surface area contributed by atoms with E-state index >= 15 is 0 Å². The van der Waals surface area contributed by atoms with Crippen LogP contribution in [0.5, 0.6) is 0 Å². The van der Waals surface area contributed by atoms with Gasteiger partial charge in [0.1, 0.15) is 0 Å². The molecule has 0 radical (unpaired) electrons. The minimum Gasteiger partial charge on any atom is -0.311 e. The van der Waals surface area contributed by atoms with Gasteiger partial charge in [-0.2, -0.15) is 5.10 Å². The number of hydrogen-bond donors (Lipinski definition) is 1. The third-order valence-electron chi connectivity index (χ3n) is 3.58. The fraction of sp³-hybridized carbons (Fsp3) is 0.467. The summed E-state index contributed by atoms with van der Waals surface area (Å²) in [5.41, 5.74) is 4.20. The van der Waals surface area contributed by atoms with Crippen molar-refractivity contribution in [3.05, 3.63) is 46.0 Å². The van der Waals surface area contributed by atoms with E-state index in [0.29, 0.717) is 0 Å². The highest BCUT2D eigenvalue weighted by Gasteiger charge is 2.20. The van der Waals surface area contributed by atoms with Crippen LogP contribution in [-0.4, -0.2) is 21.8 Å². The lowest BCUT2D eigenvalue weighted by atomic mass is 10.0. The maximum atomic E-state index is 6.39. The van der Waals surface area contributed by atoms with Crippen LogP contribution in [0, 0.1) is 13.8 Å². The van der Waals surface area contributed by atoms with Crippen molar-refractivity contribution < 1.29 is 0 Å². The Hall–Kier alpha value is -1.39. The first kappa shape index (κ1) is 15.0. The predicted octanol–water partition coefficient (Wildman–Crippen LogP) is 3.07. The van der Waals surface area contributed by atoms with Gasteiger partial charge in [0.2, 0.25) is 0 Å². The van der Waals surface area contributed by atoms with Crippen LogP contribution in [0.4, 0.5) is 0 Å². The summed E-state index contributed by atoms with van der Waals surface area (Å²) < 4.78 is 1.97. The van der Waals surface area contributed by atoms with Crippen molar-refractivity contribution in [3.63, 3.8) is 0 Å². The molecule has 0 aromatic carbocycles. The number of aryl methyl sites for hydroxylation is 3. The minimum atomic E-state index is 0.134. The molecule has 1 atom stereocenters. The van der Waals surface area contributed by atoms with Crippen LogP contribution in [0.15, 0.2) is 18.3 Å². The van der Waals surface area contributed by atoms with E-state index in [1.807, 2.05) is 30.9 Å². The molecule has 0 aliphatic heterocycles. The molecule has 0 aliphatic carbocycles. The molecule has 0 aliphatic rings. The normalized spacial score (nSPS) is 12.7. The number of hydrogen-bond acceptors (Lipinski definition) is 3. The smallest absolute Gasteiger partial charge is 0.0847 e. The summed E-state index contributed by atoms with van der Waals surface area (Å²) in [4.78, 5) is 4.50. The van der Waals surface area contributed by atoms with Crippen LogP contribution in [0.3, 0.4) is 0 Å². The molecule has 0 fully saturated rings. The van der Waals surface area contributed by atoms with Crippen molar-refractivity contribution in [2.24, 2.45) is 0 Å². The van der Waals surface area contributed by atoms with E-state index in [9.17, 15) is 0 Å². The summed E-state index contributed by atoms with van der Waals surface area (Å²) in [6, 6.07) is 4.17. The first-order chi connectivity index (χ1) is 9.58. The molecule has 1 unspecified atom stereocenters. The van der Waals surface area contributed by atoms with Crippen molar-refractivity contribution in [1.82, 2.24) is 20.1 Å². The Labute approximate surface area is 125 Å². The van der Waals surface area contributed by atoms with Gasteiger partial charge in [-0.1, -0.05) is 17.7 Å². The zero-order chi connectivity index (χ0) is 14.7. The molecule has 0 saturated carbocycles. The van der Waals surface area contributed by atoms with Gasteiger partial charge in [0.05, 0.1) is 28.1 Å². The molecule has 0 spiro atoms. The molecule has 2 aromatic heterocycles. The van der Waals surface area contributed by atoms with Crippen LogP contribution in [0.2, 0.25) is 5.02 Å². The van der Waals surface area contributed by atoms with Gasteiger partial charge >= 0.3 is 0 Å². The highest BCUT2D eigenvalue weighted by molar-refractivity contribution is 6.31. The molecule has 2 aromatic rings. The molecular formula is C15H21ClN4. The van der Waals surface area contributed by atoms with Gasteiger partial charge < -0.3 is 5.32 Å². The third-order valence-corrected chi connectivity index (χ3v) is 4.07. The quantitative estimate of drug-likeness (QED) is 0.921. The van der Waals surface area contributed by atoms with E-state index < -0.39 is 0 Å². The SMILES string of the molecule is CCn1nc(C)c(Cl)c1CC(NC)c1ncccc1C. The van der Waals surface area contributed by atoms with Gasteiger partial charge in [0, 0.05) is 19.2 Å². The Morgan fingerprint density at radius 2 is 2.15 bits per heavy atom. The first-order valence-electron chi connectivity index (χ1n) is 6.89. The second-order valence-corrected chi connectivity index (χ2v) is 5.29. The number of rotatable bonds is 5. The van der Waals surface area contributed by atoms with E-state index in [4.69, 9.17) is 11.6 Å². The second-order valence-electron chi connectivity index (χ2n) is 4.91. The summed E-state index contributed by atoms with van der Waals surface area (Å²) in [7, 11) is 1.95. The highest BCUT2D eigenvalue weighted by atomic mass is 35.5. The number of nitrogens with one attached hydrogen (secondary N) is 1. The summed E-state index contributed by atoms with van der Waals surface area (Å²) in [6.07, 6.45) is 2.61. The second kappa shape index (κ2) is 6.37. The van der Waals surface area contributed by atoms with Crippen LogP contribution >= 0.6 is 11.6 Å². The van der Waals surface area contributed by atoms with Gasteiger partial charge in [-0.05, 0) is 39.4 Å². The van der Waals surface area contributed by atoms with E-state index in [0.717, 1.165) is 35.1 Å². The molecule has 20 heavy (non-hydrogen) atoms. The number of nitrogens with zero attached hydrogens (tertiary/aromatic N) is 3. The maximum Gasteiger partial charge on any atom is 0.0847 e. The summed E-state index contributed by atoms with van der Waals surface area (Å²) in [5, 5.41) is 8.57. The average molecular weight is 293 g/mol. The fourth-order valence-electron chi connectivity index (χ4n) is 2.46. The van der Waals surface area contributed by atoms with Crippen molar-refractivity contribution in [2.75, 3.05) is 7.05 Å². The monoisotopic (exact) mass is 292 g/mol. The number of aromatic nitrogens is 3. The van der Waals surface area contributed by atoms with Crippen molar-refractivity contribution in [2.45, 2.75) is 39.8 Å². The van der Waals surface area contributed by atoms with E-state index in [-0.39, 0.29) is 6.04 Å². The maximum absolute atomic E-state index is 6.39. The molecule has 108 valence electrons. The zero-order valence-corrected chi connectivity index (χ0v) is 13.2. The highest BCUT2D eigenvalue weighted by Crippen LogP contribution is 2.26. The Morgan fingerprint density at radius 3 is 2.75 bits per heavy atom. The molecule has 2 rings (SSSR count). The van der Waals surface area contributed by atoms with Crippen LogP contribution < -0.4 is 5.32 Å². The lowest BCUT2D eigenvalue weighted by Gasteiger charge is -2.18. The van der Waals surface area contributed by atoms with Gasteiger partial charge in [0.25, 0.3) is 0 Å². The van der Waals surface area contributed by atoms with Crippen molar-refractivity contribution >= 4 is 11.6 Å². The van der Waals surface area contributed by atoms with Crippen molar-refractivity contribution in [1.29, 1.82) is 0 Å². The Balaban J connectivity index is 2.34. The first-order valence-corrected chi connectivity index (χ1v) is 7.26. The van der Waals surface area contributed by atoms with Gasteiger partial charge in [-0.25, -0.2) is 0 Å². The van der Waals surface area contributed by atoms with Gasteiger partial charge in [-0.3, -0.25) is 9.67 Å². The molecular weight excluding hydrogens is 272 g/mol. The summed E-state index contributed by atoms with van der Waals surface area (Å²) in [6.45, 7) is 6.92. The molecule has 5 heteroatoms. The Kier molecular flexibility index (Phi) is 4.78. The Morgan fingerprint density at radius 1 is 1.40 bits per heavy atom. The summed E-state index contributed by atoms with van der Waals surface area (Å²) in [5.74, 6) is 0. The number of pyridine rings is 1. The van der Waals surface area contributed by atoms with E-state index in [1.54, 1.807) is 0 Å². The number of likely N-dealkylation sites (N-methyl/N-ethyl adjacent to an activating group) is 1. The standard InChI is InChI=1S/C15H21ClN4/c1-5-20-13(14(16)11(3)19-20)9-12(17-4)15-10(2)7-6-8-18-15/h6-8,12,17H,5,9H2,1-4H3. The molecule has 0 bridgehead atoms. The van der Waals surface area contributed by atoms with Crippen LogP contribution in [0.25, 0.3) is 0 Å². The lowest BCUT2D eigenvalue weighted by Crippen LogP contribution is -2.22. The third kappa shape index (κ3) is 2.86. The van der Waals surface area contributed by atoms with Crippen LogP contribution in [-0.2, 0) is 13.0 Å². The topological polar surface area (TPSA) is 42.7 Å². The van der Waals surface area contributed by atoms with Gasteiger partial charge in [0.15, 0.2) is 0 Å².